The van der Waals surface area contributed by atoms with Crippen molar-refractivity contribution in [1.29, 1.82) is 0 Å². The van der Waals surface area contributed by atoms with E-state index in [-0.39, 0.29) is 5.15 Å². The quantitative estimate of drug-likeness (QED) is 0.661. The maximum Gasteiger partial charge on any atom is 0.409 e. The van der Waals surface area contributed by atoms with Crippen LogP contribution in [0.5, 0.6) is 0 Å². The number of rotatable bonds is 1. The van der Waals surface area contributed by atoms with E-state index < -0.39 is 6.09 Å². The molecule has 2 N–H and O–H groups in total. The molecule has 1 aromatic rings. The zero-order valence-electron chi connectivity index (χ0n) is 6.34. The van der Waals surface area contributed by atoms with Gasteiger partial charge in [0, 0.05) is 6.20 Å². The predicted octanol–water partition coefficient (Wildman–Crippen LogP) is 2.13. The zero-order chi connectivity index (χ0) is 9.14. The topological polar surface area (TPSA) is 62.2 Å². The molecule has 64 valence electrons. The molecule has 0 aliphatic rings. The van der Waals surface area contributed by atoms with Crippen LogP contribution in [0.3, 0.4) is 0 Å². The SMILES string of the molecule is Cc1cnc(Cl)c(NC(=O)O)c1. The van der Waals surface area contributed by atoms with Crippen molar-refractivity contribution in [3.8, 4) is 0 Å². The highest BCUT2D eigenvalue weighted by Gasteiger charge is 2.03. The molecule has 4 nitrogen and oxygen atoms in total. The Kier molecular flexibility index (Phi) is 2.50. The summed E-state index contributed by atoms with van der Waals surface area (Å²) in [4.78, 5) is 14.0. The average Bonchev–Trinajstić information content (AvgIpc) is 1.96. The molecule has 0 radical (unpaired) electrons. The van der Waals surface area contributed by atoms with Gasteiger partial charge in [-0.25, -0.2) is 9.78 Å². The zero-order valence-corrected chi connectivity index (χ0v) is 7.09. The molecule has 0 aliphatic heterocycles. The van der Waals surface area contributed by atoms with E-state index in [2.05, 4.69) is 10.3 Å². The summed E-state index contributed by atoms with van der Waals surface area (Å²) in [5.41, 5.74) is 1.16. The lowest BCUT2D eigenvalue weighted by Gasteiger charge is -2.02. The van der Waals surface area contributed by atoms with Crippen LogP contribution in [0.25, 0.3) is 0 Å². The molecule has 0 saturated carbocycles. The first-order valence-electron chi connectivity index (χ1n) is 3.21. The van der Waals surface area contributed by atoms with Gasteiger partial charge in [-0.2, -0.15) is 0 Å². The number of halogens is 1. The molecule has 0 aliphatic carbocycles. The Hall–Kier alpha value is -1.29. The van der Waals surface area contributed by atoms with Crippen LogP contribution in [0.4, 0.5) is 10.5 Å². The summed E-state index contributed by atoms with van der Waals surface area (Å²) in [6, 6.07) is 1.61. The fourth-order valence-electron chi connectivity index (χ4n) is 0.755. The number of anilines is 1. The predicted molar refractivity (Wildman–Crippen MR) is 45.6 cm³/mol. The van der Waals surface area contributed by atoms with Crippen molar-refractivity contribution in [3.63, 3.8) is 0 Å². The van der Waals surface area contributed by atoms with E-state index in [1.165, 1.54) is 0 Å². The van der Waals surface area contributed by atoms with Crippen molar-refractivity contribution in [3.05, 3.63) is 23.0 Å². The molecule has 1 aromatic heterocycles. The fraction of sp³-hybridized carbons (Fsp3) is 0.143. The van der Waals surface area contributed by atoms with Crippen LogP contribution < -0.4 is 5.32 Å². The van der Waals surface area contributed by atoms with Crippen LogP contribution in [0.1, 0.15) is 5.56 Å². The lowest BCUT2D eigenvalue weighted by Crippen LogP contribution is -2.08. The Morgan fingerprint density at radius 1 is 1.75 bits per heavy atom. The number of pyridine rings is 1. The van der Waals surface area contributed by atoms with E-state index in [1.807, 2.05) is 0 Å². The van der Waals surface area contributed by atoms with Gasteiger partial charge < -0.3 is 5.11 Å². The number of amides is 1. The van der Waals surface area contributed by atoms with Gasteiger partial charge >= 0.3 is 6.09 Å². The van der Waals surface area contributed by atoms with Crippen LogP contribution in [-0.2, 0) is 0 Å². The summed E-state index contributed by atoms with van der Waals surface area (Å²) < 4.78 is 0. The summed E-state index contributed by atoms with van der Waals surface area (Å²) in [5, 5.41) is 10.7. The fourth-order valence-corrected chi connectivity index (χ4v) is 0.906. The molecule has 1 heterocycles. The van der Waals surface area contributed by atoms with Gasteiger partial charge in [-0.3, -0.25) is 5.32 Å². The second-order valence-corrected chi connectivity index (χ2v) is 2.64. The average molecular weight is 187 g/mol. The molecule has 0 spiro atoms. The highest BCUT2D eigenvalue weighted by Crippen LogP contribution is 2.19. The minimum Gasteiger partial charge on any atom is -0.465 e. The van der Waals surface area contributed by atoms with Crippen LogP contribution in [0, 0.1) is 6.92 Å². The minimum absolute atomic E-state index is 0.156. The molecule has 0 bridgehead atoms. The molecule has 0 atom stereocenters. The van der Waals surface area contributed by atoms with Gasteiger partial charge in [0.05, 0.1) is 5.69 Å². The van der Waals surface area contributed by atoms with E-state index in [0.29, 0.717) is 5.69 Å². The molecule has 12 heavy (non-hydrogen) atoms. The lowest BCUT2D eigenvalue weighted by atomic mass is 10.3. The summed E-state index contributed by atoms with van der Waals surface area (Å²) in [7, 11) is 0. The number of aryl methyl sites for hydroxylation is 1. The van der Waals surface area contributed by atoms with E-state index in [4.69, 9.17) is 16.7 Å². The number of carbonyl (C=O) groups is 1. The number of aromatic nitrogens is 1. The lowest BCUT2D eigenvalue weighted by molar-refractivity contribution is 0.209. The molecule has 0 saturated heterocycles. The molecule has 1 rings (SSSR count). The monoisotopic (exact) mass is 186 g/mol. The first-order chi connectivity index (χ1) is 5.59. The summed E-state index contributed by atoms with van der Waals surface area (Å²) in [5.74, 6) is 0. The molecule has 5 heteroatoms. The van der Waals surface area contributed by atoms with Gasteiger partial charge in [0.1, 0.15) is 0 Å². The number of hydrogen-bond acceptors (Lipinski definition) is 2. The van der Waals surface area contributed by atoms with Gasteiger partial charge in [-0.15, -0.1) is 0 Å². The van der Waals surface area contributed by atoms with Crippen molar-refractivity contribution < 1.29 is 9.90 Å². The van der Waals surface area contributed by atoms with Crippen molar-refractivity contribution in [2.75, 3.05) is 5.32 Å². The maximum atomic E-state index is 10.2. The molecule has 1 amide bonds. The number of hydrogen-bond donors (Lipinski definition) is 2. The van der Waals surface area contributed by atoms with Gasteiger partial charge in [0.15, 0.2) is 5.15 Å². The number of carboxylic acid groups (broad SMARTS) is 1. The van der Waals surface area contributed by atoms with Gasteiger partial charge in [-0.1, -0.05) is 11.6 Å². The number of nitrogens with zero attached hydrogens (tertiary/aromatic N) is 1. The minimum atomic E-state index is -1.15. The van der Waals surface area contributed by atoms with E-state index in [0.717, 1.165) is 5.56 Å². The maximum absolute atomic E-state index is 10.2. The Morgan fingerprint density at radius 3 is 3.00 bits per heavy atom. The standard InChI is InChI=1S/C7H7ClN2O2/c1-4-2-5(10-7(11)12)6(8)9-3-4/h2-3,10H,1H3,(H,11,12). The molecule has 0 unspecified atom stereocenters. The molecular weight excluding hydrogens is 180 g/mol. The Labute approximate surface area is 74.2 Å². The van der Waals surface area contributed by atoms with Crippen molar-refractivity contribution >= 4 is 23.4 Å². The third-order valence-electron chi connectivity index (χ3n) is 1.22. The summed E-state index contributed by atoms with van der Waals surface area (Å²) in [6.45, 7) is 1.80. The third-order valence-corrected chi connectivity index (χ3v) is 1.52. The second-order valence-electron chi connectivity index (χ2n) is 2.28. The van der Waals surface area contributed by atoms with Crippen LogP contribution >= 0.6 is 11.6 Å². The third kappa shape index (κ3) is 2.10. The smallest absolute Gasteiger partial charge is 0.409 e. The largest absolute Gasteiger partial charge is 0.465 e. The van der Waals surface area contributed by atoms with Crippen molar-refractivity contribution in [2.45, 2.75) is 6.92 Å². The van der Waals surface area contributed by atoms with Crippen LogP contribution in [-0.4, -0.2) is 16.2 Å². The number of nitrogens with one attached hydrogen (secondary N) is 1. The summed E-state index contributed by atoms with van der Waals surface area (Å²) >= 11 is 5.60. The molecule has 0 fully saturated rings. The van der Waals surface area contributed by atoms with E-state index in [9.17, 15) is 4.79 Å². The van der Waals surface area contributed by atoms with Gasteiger partial charge in [0.2, 0.25) is 0 Å². The highest BCUT2D eigenvalue weighted by molar-refractivity contribution is 6.32. The van der Waals surface area contributed by atoms with Crippen LogP contribution in [0.2, 0.25) is 5.15 Å². The first-order valence-corrected chi connectivity index (χ1v) is 3.59. The Balaban J connectivity index is 2.97. The van der Waals surface area contributed by atoms with Gasteiger partial charge in [0.25, 0.3) is 0 Å². The van der Waals surface area contributed by atoms with Crippen molar-refractivity contribution in [1.82, 2.24) is 4.98 Å². The second kappa shape index (κ2) is 3.40. The highest BCUT2D eigenvalue weighted by atomic mass is 35.5. The van der Waals surface area contributed by atoms with Crippen LogP contribution in [0.15, 0.2) is 12.3 Å². The van der Waals surface area contributed by atoms with Gasteiger partial charge in [-0.05, 0) is 18.6 Å². The Morgan fingerprint density at radius 2 is 2.42 bits per heavy atom. The molecule has 0 aromatic carbocycles. The summed E-state index contributed by atoms with van der Waals surface area (Å²) in [6.07, 6.45) is 0.416. The Bertz CT molecular complexity index is 314. The first kappa shape index (κ1) is 8.80. The van der Waals surface area contributed by atoms with E-state index in [1.54, 1.807) is 19.2 Å². The van der Waals surface area contributed by atoms with E-state index >= 15 is 0 Å². The molecular formula is C7H7ClN2O2. The normalized spacial score (nSPS) is 9.50. The van der Waals surface area contributed by atoms with Crippen molar-refractivity contribution in [2.24, 2.45) is 0 Å².